The van der Waals surface area contributed by atoms with E-state index < -0.39 is 5.97 Å². The zero-order valence-electron chi connectivity index (χ0n) is 7.81. The molecule has 74 valence electrons. The molecular formula is C11H13NO2. The van der Waals surface area contributed by atoms with E-state index >= 15 is 0 Å². The number of hydrogen-bond donors (Lipinski definition) is 2. The summed E-state index contributed by atoms with van der Waals surface area (Å²) in [7, 11) is 0. The van der Waals surface area contributed by atoms with Crippen molar-refractivity contribution in [3.8, 4) is 0 Å². The van der Waals surface area contributed by atoms with Gasteiger partial charge >= 0.3 is 5.97 Å². The second-order valence-corrected chi connectivity index (χ2v) is 3.64. The smallest absolute Gasteiger partial charge is 0.320 e. The number of aliphatic carboxylic acids is 1. The second kappa shape index (κ2) is 3.80. The van der Waals surface area contributed by atoms with E-state index in [4.69, 9.17) is 5.11 Å². The predicted molar refractivity (Wildman–Crippen MR) is 53.2 cm³/mol. The lowest BCUT2D eigenvalue weighted by Crippen LogP contribution is -2.29. The molecule has 1 aliphatic rings. The van der Waals surface area contributed by atoms with Gasteiger partial charge in [-0.2, -0.15) is 0 Å². The van der Waals surface area contributed by atoms with Gasteiger partial charge < -0.3 is 10.4 Å². The first-order valence-corrected chi connectivity index (χ1v) is 4.78. The third-order valence-electron chi connectivity index (χ3n) is 2.70. The summed E-state index contributed by atoms with van der Waals surface area (Å²) in [6.45, 7) is 0.765. The summed E-state index contributed by atoms with van der Waals surface area (Å²) in [4.78, 5) is 10.7. The predicted octanol–water partition coefficient (Wildman–Crippen LogP) is 1.22. The maximum Gasteiger partial charge on any atom is 0.320 e. The van der Waals surface area contributed by atoms with Crippen LogP contribution in [0, 0.1) is 0 Å². The number of carboxylic acid groups (broad SMARTS) is 1. The first-order valence-electron chi connectivity index (χ1n) is 4.78. The minimum atomic E-state index is -0.747. The molecule has 2 atom stereocenters. The summed E-state index contributed by atoms with van der Waals surface area (Å²) >= 11 is 0. The number of carbonyl (C=O) groups is 1. The molecule has 1 aliphatic heterocycles. The highest BCUT2D eigenvalue weighted by Gasteiger charge is 2.29. The van der Waals surface area contributed by atoms with Gasteiger partial charge in [0.15, 0.2) is 0 Å². The average Bonchev–Trinajstić information content (AvgIpc) is 2.68. The van der Waals surface area contributed by atoms with Crippen LogP contribution in [-0.2, 0) is 4.79 Å². The van der Waals surface area contributed by atoms with Gasteiger partial charge in [0.05, 0.1) is 0 Å². The minimum Gasteiger partial charge on any atom is -0.480 e. The Labute approximate surface area is 82.8 Å². The number of carboxylic acids is 1. The normalized spacial score (nSPS) is 26.3. The summed E-state index contributed by atoms with van der Waals surface area (Å²) in [6.07, 6.45) is 0.694. The molecule has 1 saturated heterocycles. The number of rotatable bonds is 2. The summed E-state index contributed by atoms with van der Waals surface area (Å²) < 4.78 is 0. The Bertz CT molecular complexity index is 323. The number of benzene rings is 1. The Morgan fingerprint density at radius 1 is 1.36 bits per heavy atom. The zero-order chi connectivity index (χ0) is 9.97. The fraction of sp³-hybridized carbons (Fsp3) is 0.364. The molecule has 1 aromatic rings. The zero-order valence-corrected chi connectivity index (χ0v) is 7.81. The van der Waals surface area contributed by atoms with Gasteiger partial charge in [-0.25, -0.2) is 0 Å². The van der Waals surface area contributed by atoms with E-state index in [9.17, 15) is 4.79 Å². The summed E-state index contributed by atoms with van der Waals surface area (Å²) in [6, 6.07) is 9.68. The SMILES string of the molecule is O=C(O)[C@H]1CC(c2ccccc2)CN1. The third kappa shape index (κ3) is 1.77. The monoisotopic (exact) mass is 191 g/mol. The van der Waals surface area contributed by atoms with Crippen LogP contribution < -0.4 is 5.32 Å². The standard InChI is InChI=1S/C11H13NO2/c13-11(14)10-6-9(7-12-10)8-4-2-1-3-5-8/h1-5,9-10,12H,6-7H2,(H,13,14)/t9?,10-/m1/s1. The second-order valence-electron chi connectivity index (χ2n) is 3.64. The molecule has 0 radical (unpaired) electrons. The Hall–Kier alpha value is -1.35. The molecule has 0 aliphatic carbocycles. The van der Waals surface area contributed by atoms with Crippen molar-refractivity contribution < 1.29 is 9.90 Å². The molecular weight excluding hydrogens is 178 g/mol. The molecule has 2 N–H and O–H groups in total. The summed E-state index contributed by atoms with van der Waals surface area (Å²) in [5.41, 5.74) is 1.23. The van der Waals surface area contributed by atoms with Crippen LogP contribution in [0.3, 0.4) is 0 Å². The van der Waals surface area contributed by atoms with Gasteiger partial charge in [0.25, 0.3) is 0 Å². The highest BCUT2D eigenvalue weighted by atomic mass is 16.4. The average molecular weight is 191 g/mol. The van der Waals surface area contributed by atoms with Gasteiger partial charge in [0, 0.05) is 6.54 Å². The largest absolute Gasteiger partial charge is 0.480 e. The fourth-order valence-electron chi connectivity index (χ4n) is 1.90. The Morgan fingerprint density at radius 2 is 2.07 bits per heavy atom. The van der Waals surface area contributed by atoms with Crippen molar-refractivity contribution in [3.63, 3.8) is 0 Å². The topological polar surface area (TPSA) is 49.3 Å². The lowest BCUT2D eigenvalue weighted by Gasteiger charge is -2.07. The molecule has 2 rings (SSSR count). The van der Waals surface area contributed by atoms with E-state index in [1.54, 1.807) is 0 Å². The van der Waals surface area contributed by atoms with Crippen molar-refractivity contribution in [1.29, 1.82) is 0 Å². The van der Waals surface area contributed by atoms with Crippen LogP contribution >= 0.6 is 0 Å². The van der Waals surface area contributed by atoms with E-state index in [2.05, 4.69) is 17.4 Å². The Balaban J connectivity index is 2.06. The molecule has 3 heteroatoms. The lowest BCUT2D eigenvalue weighted by molar-refractivity contribution is -0.139. The molecule has 0 aromatic heterocycles. The lowest BCUT2D eigenvalue weighted by atomic mass is 9.96. The summed E-state index contributed by atoms with van der Waals surface area (Å²) in [5, 5.41) is 11.8. The quantitative estimate of drug-likeness (QED) is 0.738. The Kier molecular flexibility index (Phi) is 2.50. The first kappa shape index (κ1) is 9.21. The van der Waals surface area contributed by atoms with Gasteiger partial charge in [-0.1, -0.05) is 30.3 Å². The maximum absolute atomic E-state index is 10.7. The Morgan fingerprint density at radius 3 is 2.64 bits per heavy atom. The van der Waals surface area contributed by atoms with Gasteiger partial charge in [0.1, 0.15) is 6.04 Å². The van der Waals surface area contributed by atoms with Crippen LogP contribution in [0.5, 0.6) is 0 Å². The van der Waals surface area contributed by atoms with Gasteiger partial charge in [-0.15, -0.1) is 0 Å². The van der Waals surface area contributed by atoms with Crippen LogP contribution in [-0.4, -0.2) is 23.7 Å². The molecule has 1 fully saturated rings. The fourth-order valence-corrected chi connectivity index (χ4v) is 1.90. The molecule has 0 amide bonds. The van der Waals surface area contributed by atoms with Crippen LogP contribution in [0.4, 0.5) is 0 Å². The maximum atomic E-state index is 10.7. The molecule has 1 unspecified atom stereocenters. The molecule has 0 spiro atoms. The van der Waals surface area contributed by atoms with Crippen molar-refractivity contribution >= 4 is 5.97 Å². The van der Waals surface area contributed by atoms with Crippen molar-refractivity contribution in [2.45, 2.75) is 18.4 Å². The van der Waals surface area contributed by atoms with Gasteiger partial charge in [-0.3, -0.25) is 4.79 Å². The molecule has 1 aromatic carbocycles. The van der Waals surface area contributed by atoms with E-state index in [1.165, 1.54) is 5.56 Å². The minimum absolute atomic E-state index is 0.345. The van der Waals surface area contributed by atoms with Crippen LogP contribution in [0.2, 0.25) is 0 Å². The van der Waals surface area contributed by atoms with E-state index in [1.807, 2.05) is 18.2 Å². The van der Waals surface area contributed by atoms with E-state index in [0.717, 1.165) is 6.54 Å². The van der Waals surface area contributed by atoms with Crippen molar-refractivity contribution in [1.82, 2.24) is 5.32 Å². The van der Waals surface area contributed by atoms with Crippen molar-refractivity contribution in [2.75, 3.05) is 6.54 Å². The first-order chi connectivity index (χ1) is 6.77. The molecule has 0 saturated carbocycles. The molecule has 3 nitrogen and oxygen atoms in total. The highest BCUT2D eigenvalue weighted by molar-refractivity contribution is 5.74. The molecule has 1 heterocycles. The van der Waals surface area contributed by atoms with E-state index in [-0.39, 0.29) is 6.04 Å². The summed E-state index contributed by atoms with van der Waals surface area (Å²) in [5.74, 6) is -0.402. The van der Waals surface area contributed by atoms with Gasteiger partial charge in [0.2, 0.25) is 0 Å². The van der Waals surface area contributed by atoms with Crippen LogP contribution in [0.15, 0.2) is 30.3 Å². The molecule has 14 heavy (non-hydrogen) atoms. The van der Waals surface area contributed by atoms with Crippen LogP contribution in [0.25, 0.3) is 0 Å². The van der Waals surface area contributed by atoms with E-state index in [0.29, 0.717) is 12.3 Å². The van der Waals surface area contributed by atoms with Crippen LogP contribution in [0.1, 0.15) is 17.9 Å². The van der Waals surface area contributed by atoms with Crippen molar-refractivity contribution in [3.05, 3.63) is 35.9 Å². The number of nitrogens with one attached hydrogen (secondary N) is 1. The van der Waals surface area contributed by atoms with Gasteiger partial charge in [-0.05, 0) is 17.9 Å². The number of hydrogen-bond acceptors (Lipinski definition) is 2. The van der Waals surface area contributed by atoms with Crippen molar-refractivity contribution in [2.24, 2.45) is 0 Å². The third-order valence-corrected chi connectivity index (χ3v) is 2.70. The molecule has 0 bridgehead atoms. The highest BCUT2D eigenvalue weighted by Crippen LogP contribution is 2.25.